The van der Waals surface area contributed by atoms with Gasteiger partial charge in [0, 0.05) is 12.1 Å². The number of amides is 1. The van der Waals surface area contributed by atoms with Gasteiger partial charge in [0.1, 0.15) is 12.4 Å². The van der Waals surface area contributed by atoms with Crippen LogP contribution in [0.4, 0.5) is 0 Å². The van der Waals surface area contributed by atoms with E-state index in [0.29, 0.717) is 12.2 Å². The van der Waals surface area contributed by atoms with Crippen molar-refractivity contribution in [3.8, 4) is 16.9 Å². The molecule has 3 aromatic rings. The molecule has 1 aliphatic rings. The third kappa shape index (κ3) is 4.97. The van der Waals surface area contributed by atoms with Crippen LogP contribution in [-0.4, -0.2) is 38.1 Å². The van der Waals surface area contributed by atoms with Gasteiger partial charge in [0.15, 0.2) is 0 Å². The summed E-state index contributed by atoms with van der Waals surface area (Å²) in [5, 5.41) is 3.32. The Morgan fingerprint density at radius 2 is 1.71 bits per heavy atom. The molecule has 0 spiro atoms. The minimum Gasteiger partial charge on any atom is -0.492 e. The van der Waals surface area contributed by atoms with Crippen molar-refractivity contribution >= 4 is 5.91 Å². The van der Waals surface area contributed by atoms with Gasteiger partial charge in [0.25, 0.3) is 5.91 Å². The zero-order chi connectivity index (χ0) is 21.8. The molecule has 1 fully saturated rings. The Labute approximate surface area is 184 Å². The maximum Gasteiger partial charge on any atom is 0.252 e. The highest BCUT2D eigenvalue weighted by molar-refractivity contribution is 5.97. The van der Waals surface area contributed by atoms with E-state index in [9.17, 15) is 4.79 Å². The standard InChI is InChI=1S/C27H30N2O2/c1-20-12-13-24(31-17-16-29(2)3)19-25(20)26(30)28-27(14-15-27)23-11-7-10-22(18-23)21-8-5-4-6-9-21/h4-13,18-19H,14-17H2,1-3H3,(H,28,30). The molecule has 0 unspecified atom stereocenters. The van der Waals surface area contributed by atoms with Crippen LogP contribution in [0.15, 0.2) is 72.8 Å². The molecule has 0 atom stereocenters. The lowest BCUT2D eigenvalue weighted by Gasteiger charge is -2.20. The molecule has 0 aliphatic heterocycles. The van der Waals surface area contributed by atoms with E-state index >= 15 is 0 Å². The van der Waals surface area contributed by atoms with Crippen molar-refractivity contribution in [2.75, 3.05) is 27.2 Å². The second-order valence-corrected chi connectivity index (χ2v) is 8.61. The number of benzene rings is 3. The Hall–Kier alpha value is -3.11. The first-order valence-electron chi connectivity index (χ1n) is 10.8. The number of nitrogens with zero attached hydrogens (tertiary/aromatic N) is 1. The molecule has 4 nitrogen and oxygen atoms in total. The Balaban J connectivity index is 1.51. The summed E-state index contributed by atoms with van der Waals surface area (Å²) in [5.74, 6) is 0.687. The highest BCUT2D eigenvalue weighted by Gasteiger charge is 2.46. The first-order valence-corrected chi connectivity index (χ1v) is 10.8. The minimum absolute atomic E-state index is 0.0434. The summed E-state index contributed by atoms with van der Waals surface area (Å²) in [6, 6.07) is 24.6. The van der Waals surface area contributed by atoms with Crippen LogP contribution in [0.3, 0.4) is 0 Å². The van der Waals surface area contributed by atoms with E-state index in [1.165, 1.54) is 16.7 Å². The summed E-state index contributed by atoms with van der Waals surface area (Å²) >= 11 is 0. The first kappa shape index (κ1) is 21.1. The molecule has 31 heavy (non-hydrogen) atoms. The molecule has 3 aromatic carbocycles. The summed E-state index contributed by atoms with van der Waals surface area (Å²) in [6.07, 6.45) is 1.91. The van der Waals surface area contributed by atoms with Gasteiger partial charge in [-0.25, -0.2) is 0 Å². The molecule has 0 bridgehead atoms. The number of hydrogen-bond donors (Lipinski definition) is 1. The average Bonchev–Trinajstić information content (AvgIpc) is 3.56. The first-order chi connectivity index (χ1) is 15.0. The predicted octanol–water partition coefficient (Wildman–Crippen LogP) is 5.02. The summed E-state index contributed by atoms with van der Waals surface area (Å²) in [5.41, 5.74) is 4.86. The summed E-state index contributed by atoms with van der Waals surface area (Å²) < 4.78 is 5.84. The van der Waals surface area contributed by atoms with E-state index in [0.717, 1.165) is 30.7 Å². The Bertz CT molecular complexity index is 1060. The zero-order valence-corrected chi connectivity index (χ0v) is 18.5. The largest absolute Gasteiger partial charge is 0.492 e. The van der Waals surface area contributed by atoms with Crippen LogP contribution >= 0.6 is 0 Å². The van der Waals surface area contributed by atoms with E-state index < -0.39 is 0 Å². The summed E-state index contributed by atoms with van der Waals surface area (Å²) in [6.45, 7) is 3.39. The fourth-order valence-electron chi connectivity index (χ4n) is 3.80. The minimum atomic E-state index is -0.282. The van der Waals surface area contributed by atoms with Crippen LogP contribution in [0.1, 0.15) is 34.3 Å². The van der Waals surface area contributed by atoms with E-state index in [2.05, 4.69) is 46.6 Å². The lowest BCUT2D eigenvalue weighted by Crippen LogP contribution is -2.35. The van der Waals surface area contributed by atoms with E-state index in [-0.39, 0.29) is 11.4 Å². The van der Waals surface area contributed by atoms with Crippen LogP contribution < -0.4 is 10.1 Å². The summed E-state index contributed by atoms with van der Waals surface area (Å²) in [7, 11) is 4.03. The van der Waals surface area contributed by atoms with E-state index in [1.54, 1.807) is 0 Å². The van der Waals surface area contributed by atoms with Gasteiger partial charge < -0.3 is 15.0 Å². The molecule has 0 heterocycles. The molecule has 0 radical (unpaired) electrons. The Morgan fingerprint density at radius 3 is 2.42 bits per heavy atom. The highest BCUT2D eigenvalue weighted by atomic mass is 16.5. The third-order valence-corrected chi connectivity index (χ3v) is 5.89. The number of carbonyl (C=O) groups is 1. The van der Waals surface area contributed by atoms with E-state index in [1.807, 2.05) is 57.4 Å². The fourth-order valence-corrected chi connectivity index (χ4v) is 3.80. The number of hydrogen-bond acceptors (Lipinski definition) is 3. The number of aryl methyl sites for hydroxylation is 1. The third-order valence-electron chi connectivity index (χ3n) is 5.89. The normalized spacial score (nSPS) is 14.3. The van der Waals surface area contributed by atoms with Gasteiger partial charge in [-0.3, -0.25) is 4.79 Å². The highest BCUT2D eigenvalue weighted by Crippen LogP contribution is 2.46. The van der Waals surface area contributed by atoms with E-state index in [4.69, 9.17) is 4.74 Å². The van der Waals surface area contributed by atoms with Gasteiger partial charge in [-0.15, -0.1) is 0 Å². The number of likely N-dealkylation sites (N-methyl/N-ethyl adjacent to an activating group) is 1. The molecule has 160 valence electrons. The second-order valence-electron chi connectivity index (χ2n) is 8.61. The molecule has 4 rings (SSSR count). The summed E-state index contributed by atoms with van der Waals surface area (Å²) in [4.78, 5) is 15.3. The molecule has 0 saturated heterocycles. The van der Waals surface area contributed by atoms with Gasteiger partial charge in [0.2, 0.25) is 0 Å². The number of carbonyl (C=O) groups excluding carboxylic acids is 1. The van der Waals surface area contributed by atoms with Crippen molar-refractivity contribution in [1.29, 1.82) is 0 Å². The number of ether oxygens (including phenoxy) is 1. The monoisotopic (exact) mass is 414 g/mol. The molecule has 0 aromatic heterocycles. The van der Waals surface area contributed by atoms with Gasteiger partial charge >= 0.3 is 0 Å². The smallest absolute Gasteiger partial charge is 0.252 e. The van der Waals surface area contributed by atoms with Crippen molar-refractivity contribution in [2.24, 2.45) is 0 Å². The lowest BCUT2D eigenvalue weighted by atomic mass is 9.97. The molecule has 1 aliphatic carbocycles. The SMILES string of the molecule is Cc1ccc(OCCN(C)C)cc1C(=O)NC1(c2cccc(-c3ccccc3)c2)CC1. The maximum absolute atomic E-state index is 13.2. The Kier molecular flexibility index (Phi) is 6.10. The molecular formula is C27H30N2O2. The van der Waals surface area contributed by atoms with Crippen LogP contribution in [0.2, 0.25) is 0 Å². The second kappa shape index (κ2) is 8.94. The number of nitrogens with one attached hydrogen (secondary N) is 1. The van der Waals surface area contributed by atoms with Crippen LogP contribution in [0, 0.1) is 6.92 Å². The van der Waals surface area contributed by atoms with Gasteiger partial charge in [0.05, 0.1) is 5.54 Å². The molecular weight excluding hydrogens is 384 g/mol. The molecule has 1 saturated carbocycles. The van der Waals surface area contributed by atoms with Crippen molar-refractivity contribution in [1.82, 2.24) is 10.2 Å². The maximum atomic E-state index is 13.2. The number of rotatable bonds is 8. The lowest BCUT2D eigenvalue weighted by molar-refractivity contribution is 0.0929. The fraction of sp³-hybridized carbons (Fsp3) is 0.296. The Morgan fingerprint density at radius 1 is 0.968 bits per heavy atom. The average molecular weight is 415 g/mol. The van der Waals surface area contributed by atoms with Crippen molar-refractivity contribution in [2.45, 2.75) is 25.3 Å². The van der Waals surface area contributed by atoms with Crippen molar-refractivity contribution in [3.63, 3.8) is 0 Å². The quantitative estimate of drug-likeness (QED) is 0.563. The predicted molar refractivity (Wildman–Crippen MR) is 125 cm³/mol. The van der Waals surface area contributed by atoms with Gasteiger partial charge in [-0.05, 0) is 74.3 Å². The van der Waals surface area contributed by atoms with Crippen LogP contribution in [0.5, 0.6) is 5.75 Å². The molecule has 4 heteroatoms. The van der Waals surface area contributed by atoms with Crippen molar-refractivity contribution < 1.29 is 9.53 Å². The topological polar surface area (TPSA) is 41.6 Å². The van der Waals surface area contributed by atoms with Crippen LogP contribution in [-0.2, 0) is 5.54 Å². The zero-order valence-electron chi connectivity index (χ0n) is 18.5. The van der Waals surface area contributed by atoms with Gasteiger partial charge in [-0.2, -0.15) is 0 Å². The van der Waals surface area contributed by atoms with Crippen molar-refractivity contribution in [3.05, 3.63) is 89.5 Å². The van der Waals surface area contributed by atoms with Gasteiger partial charge in [-0.1, -0.05) is 54.6 Å². The molecule has 1 N–H and O–H groups in total. The van der Waals surface area contributed by atoms with Crippen LogP contribution in [0.25, 0.3) is 11.1 Å². The molecule has 1 amide bonds.